The summed E-state index contributed by atoms with van der Waals surface area (Å²) in [5, 5.41) is 2.24. The zero-order chi connectivity index (χ0) is 12.2. The molecule has 0 amide bonds. The van der Waals surface area contributed by atoms with E-state index in [1.807, 2.05) is 6.92 Å². The van der Waals surface area contributed by atoms with Gasteiger partial charge in [-0.3, -0.25) is 0 Å². The van der Waals surface area contributed by atoms with Crippen molar-refractivity contribution in [2.24, 2.45) is 0 Å². The molecule has 0 saturated heterocycles. The van der Waals surface area contributed by atoms with Crippen molar-refractivity contribution in [2.45, 2.75) is 32.2 Å². The molecule has 1 aromatic rings. The molecule has 1 rings (SSSR count). The van der Waals surface area contributed by atoms with Crippen LogP contribution in [0.25, 0.3) is 0 Å². The third-order valence-corrected chi connectivity index (χ3v) is 2.04. The highest BCUT2D eigenvalue weighted by Gasteiger charge is 2.39. The summed E-state index contributed by atoms with van der Waals surface area (Å²) in [5.74, 6) is -2.81. The smallest absolute Gasteiger partial charge is 0.319 e. The molecule has 2 nitrogen and oxygen atoms in total. The van der Waals surface area contributed by atoms with Crippen LogP contribution in [0.1, 0.15) is 18.4 Å². The number of aryl methyl sites for hydroxylation is 1. The fourth-order valence-electron chi connectivity index (χ4n) is 1.14. The van der Waals surface area contributed by atoms with Gasteiger partial charge >= 0.3 is 12.3 Å². The van der Waals surface area contributed by atoms with Crippen molar-refractivity contribution in [2.75, 3.05) is 6.54 Å². The van der Waals surface area contributed by atoms with Gasteiger partial charge in [-0.15, -0.1) is 0 Å². The second-order valence-electron chi connectivity index (χ2n) is 3.39. The number of nitrogens with one attached hydrogen (secondary N) is 1. The van der Waals surface area contributed by atoms with E-state index in [0.29, 0.717) is 12.2 Å². The molecule has 0 aliphatic rings. The minimum atomic E-state index is -4.00. The summed E-state index contributed by atoms with van der Waals surface area (Å²) in [6.45, 7) is 0.843. The van der Waals surface area contributed by atoms with E-state index in [1.165, 1.54) is 0 Å². The predicted molar refractivity (Wildman–Crippen MR) is 50.7 cm³/mol. The van der Waals surface area contributed by atoms with E-state index in [2.05, 4.69) is 5.32 Å². The van der Waals surface area contributed by atoms with Crippen LogP contribution in [-0.4, -0.2) is 18.9 Å². The van der Waals surface area contributed by atoms with Crippen molar-refractivity contribution >= 4 is 0 Å². The Hall–Kier alpha value is -1.04. The van der Waals surface area contributed by atoms with Crippen LogP contribution < -0.4 is 5.32 Å². The zero-order valence-corrected chi connectivity index (χ0v) is 8.77. The molecule has 6 heteroatoms. The fraction of sp³-hybridized carbons (Fsp3) is 0.600. The van der Waals surface area contributed by atoms with Crippen LogP contribution in [0.2, 0.25) is 0 Å². The Morgan fingerprint density at radius 1 is 1.31 bits per heavy atom. The first-order chi connectivity index (χ1) is 7.45. The van der Waals surface area contributed by atoms with Gasteiger partial charge in [0.15, 0.2) is 0 Å². The lowest BCUT2D eigenvalue weighted by atomic mass is 10.3. The number of hydrogen-bond acceptors (Lipinski definition) is 2. The Morgan fingerprint density at radius 3 is 2.44 bits per heavy atom. The van der Waals surface area contributed by atoms with Gasteiger partial charge < -0.3 is 9.73 Å². The number of halogens is 4. The van der Waals surface area contributed by atoms with Gasteiger partial charge in [0.2, 0.25) is 0 Å². The van der Waals surface area contributed by atoms with Crippen molar-refractivity contribution in [3.05, 3.63) is 23.7 Å². The third kappa shape index (κ3) is 3.52. The molecule has 1 aromatic heterocycles. The van der Waals surface area contributed by atoms with Gasteiger partial charge in [-0.05, 0) is 12.1 Å². The van der Waals surface area contributed by atoms with Crippen LogP contribution in [0, 0.1) is 0 Å². The highest BCUT2D eigenvalue weighted by atomic mass is 19.3. The molecule has 92 valence electrons. The van der Waals surface area contributed by atoms with Crippen molar-refractivity contribution in [1.82, 2.24) is 5.32 Å². The molecule has 0 unspecified atom stereocenters. The Morgan fingerprint density at radius 2 is 1.94 bits per heavy atom. The molecular formula is C10H13F4NO. The lowest BCUT2D eigenvalue weighted by Crippen LogP contribution is -2.38. The van der Waals surface area contributed by atoms with Crippen molar-refractivity contribution in [3.8, 4) is 0 Å². The maximum atomic E-state index is 12.5. The van der Waals surface area contributed by atoms with E-state index < -0.39 is 18.9 Å². The second kappa shape index (κ2) is 5.34. The summed E-state index contributed by atoms with van der Waals surface area (Å²) in [4.78, 5) is 0. The summed E-state index contributed by atoms with van der Waals surface area (Å²) in [5.41, 5.74) is 0. The topological polar surface area (TPSA) is 25.2 Å². The molecule has 0 saturated carbocycles. The highest BCUT2D eigenvalue weighted by molar-refractivity contribution is 5.06. The molecule has 0 fully saturated rings. The third-order valence-electron chi connectivity index (χ3n) is 2.04. The minimum absolute atomic E-state index is 0.0162. The number of hydrogen-bond donors (Lipinski definition) is 1. The summed E-state index contributed by atoms with van der Waals surface area (Å²) >= 11 is 0. The molecule has 1 heterocycles. The molecule has 16 heavy (non-hydrogen) atoms. The van der Waals surface area contributed by atoms with Gasteiger partial charge in [0.25, 0.3) is 0 Å². The predicted octanol–water partition coefficient (Wildman–Crippen LogP) is 2.83. The van der Waals surface area contributed by atoms with E-state index in [-0.39, 0.29) is 6.54 Å². The Labute approximate surface area is 90.6 Å². The molecule has 0 atom stereocenters. The average molecular weight is 239 g/mol. The molecular weight excluding hydrogens is 226 g/mol. The second-order valence-corrected chi connectivity index (χ2v) is 3.39. The number of alkyl halides is 4. The maximum Gasteiger partial charge on any atom is 0.319 e. The lowest BCUT2D eigenvalue weighted by molar-refractivity contribution is -0.125. The first kappa shape index (κ1) is 13.0. The normalized spacial score (nSPS) is 12.4. The van der Waals surface area contributed by atoms with Gasteiger partial charge in [-0.25, -0.2) is 8.78 Å². The fourth-order valence-corrected chi connectivity index (χ4v) is 1.14. The van der Waals surface area contributed by atoms with Gasteiger partial charge in [0, 0.05) is 6.42 Å². The SMILES string of the molecule is CCc1ccc(CNCC(F)(F)C(F)F)o1. The summed E-state index contributed by atoms with van der Waals surface area (Å²) in [7, 11) is 0. The standard InChI is InChI=1S/C10H13F4NO/c1-2-7-3-4-8(16-7)5-15-6-10(13,14)9(11)12/h3-4,9,15H,2,5-6H2,1H3. The van der Waals surface area contributed by atoms with Gasteiger partial charge in [-0.1, -0.05) is 6.92 Å². The van der Waals surface area contributed by atoms with E-state index >= 15 is 0 Å². The molecule has 0 aliphatic carbocycles. The van der Waals surface area contributed by atoms with Gasteiger partial charge in [0.05, 0.1) is 13.1 Å². The van der Waals surface area contributed by atoms with Crippen molar-refractivity contribution in [3.63, 3.8) is 0 Å². The Kier molecular flexibility index (Phi) is 4.35. The molecule has 1 N–H and O–H groups in total. The van der Waals surface area contributed by atoms with E-state index in [9.17, 15) is 17.6 Å². The van der Waals surface area contributed by atoms with Gasteiger partial charge in [-0.2, -0.15) is 8.78 Å². The van der Waals surface area contributed by atoms with Crippen LogP contribution in [0.3, 0.4) is 0 Å². The van der Waals surface area contributed by atoms with E-state index in [1.54, 1.807) is 12.1 Å². The first-order valence-corrected chi connectivity index (χ1v) is 4.90. The van der Waals surface area contributed by atoms with Crippen molar-refractivity contribution in [1.29, 1.82) is 0 Å². The van der Waals surface area contributed by atoms with Crippen LogP contribution in [0.4, 0.5) is 17.6 Å². The van der Waals surface area contributed by atoms with E-state index in [4.69, 9.17) is 4.42 Å². The minimum Gasteiger partial charge on any atom is -0.465 e. The Balaban J connectivity index is 2.35. The summed E-state index contributed by atoms with van der Waals surface area (Å²) < 4.78 is 53.7. The van der Waals surface area contributed by atoms with Gasteiger partial charge in [0.1, 0.15) is 11.5 Å². The molecule has 0 aliphatic heterocycles. The average Bonchev–Trinajstić information content (AvgIpc) is 2.65. The molecule has 0 radical (unpaired) electrons. The van der Waals surface area contributed by atoms with Crippen LogP contribution >= 0.6 is 0 Å². The summed E-state index contributed by atoms with van der Waals surface area (Å²) in [6, 6.07) is 3.36. The quantitative estimate of drug-likeness (QED) is 0.772. The van der Waals surface area contributed by atoms with Crippen LogP contribution in [-0.2, 0) is 13.0 Å². The number of rotatable bonds is 6. The monoisotopic (exact) mass is 239 g/mol. The van der Waals surface area contributed by atoms with Crippen LogP contribution in [0.15, 0.2) is 16.5 Å². The molecule has 0 aromatic carbocycles. The Bertz CT molecular complexity index is 324. The zero-order valence-electron chi connectivity index (χ0n) is 8.77. The largest absolute Gasteiger partial charge is 0.465 e. The summed E-state index contributed by atoms with van der Waals surface area (Å²) in [6.07, 6.45) is -2.95. The number of furan rings is 1. The lowest BCUT2D eigenvalue weighted by Gasteiger charge is -2.15. The molecule has 0 bridgehead atoms. The first-order valence-electron chi connectivity index (χ1n) is 4.90. The highest BCUT2D eigenvalue weighted by Crippen LogP contribution is 2.21. The van der Waals surface area contributed by atoms with Crippen molar-refractivity contribution < 1.29 is 22.0 Å². The van der Waals surface area contributed by atoms with Crippen LogP contribution in [0.5, 0.6) is 0 Å². The molecule has 0 spiro atoms. The van der Waals surface area contributed by atoms with E-state index in [0.717, 1.165) is 5.76 Å². The maximum absolute atomic E-state index is 12.5.